The van der Waals surface area contributed by atoms with E-state index < -0.39 is 12.2 Å². The Bertz CT molecular complexity index is 817. The summed E-state index contributed by atoms with van der Waals surface area (Å²) in [6.45, 7) is 2.00. The molecule has 0 bridgehead atoms. The standard InChI is InChI=1S/C18H16O3/c1-9-8-14-10(4-6-15(14)19)11-2-3-13-12(17(9)11)5-7-16(20)18(13)21/h2-3,5,7-8,16,18,20-21H,4,6H2,1H3/t16-,18-/m1/s1. The van der Waals surface area contributed by atoms with Crippen LogP contribution in [0.25, 0.3) is 16.8 Å². The van der Waals surface area contributed by atoms with E-state index in [9.17, 15) is 15.0 Å². The minimum Gasteiger partial charge on any atom is -0.386 e. The third kappa shape index (κ3) is 1.65. The molecule has 3 heteroatoms. The molecule has 0 heterocycles. The van der Waals surface area contributed by atoms with E-state index in [1.54, 1.807) is 6.08 Å². The third-order valence-electron chi connectivity index (χ3n) is 4.69. The molecule has 0 fully saturated rings. The fourth-order valence-electron chi connectivity index (χ4n) is 3.65. The van der Waals surface area contributed by atoms with Crippen molar-refractivity contribution in [3.05, 3.63) is 52.1 Å². The normalized spacial score (nSPS) is 23.5. The van der Waals surface area contributed by atoms with Crippen LogP contribution >= 0.6 is 0 Å². The van der Waals surface area contributed by atoms with E-state index in [0.717, 1.165) is 45.0 Å². The highest BCUT2D eigenvalue weighted by Gasteiger charge is 2.27. The lowest BCUT2D eigenvalue weighted by molar-refractivity contribution is 0.0471. The number of aryl methyl sites for hydroxylation is 2. The predicted octanol–water partition coefficient (Wildman–Crippen LogP) is 2.70. The van der Waals surface area contributed by atoms with Crippen LogP contribution in [0.15, 0.2) is 24.3 Å². The molecule has 0 aromatic heterocycles. The average Bonchev–Trinajstić information content (AvgIpc) is 2.84. The first-order valence-corrected chi connectivity index (χ1v) is 7.24. The molecule has 2 aromatic carbocycles. The quantitative estimate of drug-likeness (QED) is 0.780. The molecule has 0 unspecified atom stereocenters. The number of hydrogen-bond acceptors (Lipinski definition) is 3. The van der Waals surface area contributed by atoms with Crippen LogP contribution in [0.1, 0.15) is 45.1 Å². The molecule has 21 heavy (non-hydrogen) atoms. The number of carbonyl (C=O) groups is 1. The molecule has 0 aliphatic heterocycles. The molecule has 4 rings (SSSR count). The smallest absolute Gasteiger partial charge is 0.163 e. The van der Waals surface area contributed by atoms with Crippen molar-refractivity contribution in [3.8, 4) is 0 Å². The van der Waals surface area contributed by atoms with E-state index >= 15 is 0 Å². The highest BCUT2D eigenvalue weighted by Crippen LogP contribution is 2.39. The van der Waals surface area contributed by atoms with Gasteiger partial charge in [-0.25, -0.2) is 0 Å². The minimum absolute atomic E-state index is 0.221. The number of benzene rings is 2. The van der Waals surface area contributed by atoms with E-state index in [2.05, 4.69) is 0 Å². The second kappa shape index (κ2) is 4.26. The van der Waals surface area contributed by atoms with Crippen molar-refractivity contribution in [2.45, 2.75) is 32.0 Å². The Hall–Kier alpha value is -1.97. The number of Topliss-reactive ketones (excluding diaryl/α,β-unsaturated/α-hetero) is 1. The number of hydrogen-bond donors (Lipinski definition) is 2. The van der Waals surface area contributed by atoms with Gasteiger partial charge in [0.15, 0.2) is 5.78 Å². The maximum Gasteiger partial charge on any atom is 0.163 e. The van der Waals surface area contributed by atoms with E-state index in [1.807, 2.05) is 31.2 Å². The first-order chi connectivity index (χ1) is 10.1. The van der Waals surface area contributed by atoms with Gasteiger partial charge in [0.2, 0.25) is 0 Å². The Balaban J connectivity index is 2.10. The SMILES string of the molecule is Cc1cc2c(c3ccc4c(c13)C=C[C@@H](O)[C@@H]4O)CCC2=O. The van der Waals surface area contributed by atoms with Crippen LogP contribution in [0, 0.1) is 6.92 Å². The zero-order chi connectivity index (χ0) is 14.7. The summed E-state index contributed by atoms with van der Waals surface area (Å²) >= 11 is 0. The van der Waals surface area contributed by atoms with Crippen molar-refractivity contribution in [2.75, 3.05) is 0 Å². The third-order valence-corrected chi connectivity index (χ3v) is 4.69. The average molecular weight is 280 g/mol. The second-order valence-corrected chi connectivity index (χ2v) is 5.93. The summed E-state index contributed by atoms with van der Waals surface area (Å²) in [5.41, 5.74) is 4.73. The lowest BCUT2D eigenvalue weighted by Crippen LogP contribution is -2.19. The van der Waals surface area contributed by atoms with Crippen LogP contribution in [0.5, 0.6) is 0 Å². The van der Waals surface area contributed by atoms with Gasteiger partial charge in [0.1, 0.15) is 12.2 Å². The summed E-state index contributed by atoms with van der Waals surface area (Å²) in [5.74, 6) is 0.221. The van der Waals surface area contributed by atoms with Crippen molar-refractivity contribution >= 4 is 22.6 Å². The van der Waals surface area contributed by atoms with Gasteiger partial charge in [-0.1, -0.05) is 24.3 Å². The molecule has 2 aliphatic carbocycles. The van der Waals surface area contributed by atoms with Crippen molar-refractivity contribution in [1.29, 1.82) is 0 Å². The van der Waals surface area contributed by atoms with Crippen LogP contribution in [-0.4, -0.2) is 22.1 Å². The molecule has 106 valence electrons. The molecule has 2 aliphatic rings. The van der Waals surface area contributed by atoms with Crippen LogP contribution in [-0.2, 0) is 6.42 Å². The number of rotatable bonds is 0. The Labute approximate surface area is 122 Å². The summed E-state index contributed by atoms with van der Waals surface area (Å²) in [4.78, 5) is 12.0. The van der Waals surface area contributed by atoms with Gasteiger partial charge in [-0.3, -0.25) is 4.79 Å². The number of carbonyl (C=O) groups excluding carboxylic acids is 1. The maximum absolute atomic E-state index is 12.0. The minimum atomic E-state index is -0.885. The first-order valence-electron chi connectivity index (χ1n) is 7.24. The van der Waals surface area contributed by atoms with Crippen molar-refractivity contribution in [2.24, 2.45) is 0 Å². The first kappa shape index (κ1) is 12.7. The van der Waals surface area contributed by atoms with Crippen LogP contribution in [0.4, 0.5) is 0 Å². The van der Waals surface area contributed by atoms with Crippen molar-refractivity contribution in [3.63, 3.8) is 0 Å². The van der Waals surface area contributed by atoms with E-state index in [4.69, 9.17) is 0 Å². The number of aliphatic hydroxyl groups excluding tert-OH is 2. The molecule has 0 saturated heterocycles. The van der Waals surface area contributed by atoms with Crippen LogP contribution < -0.4 is 0 Å². The molecular formula is C18H16O3. The summed E-state index contributed by atoms with van der Waals surface area (Å²) < 4.78 is 0. The molecule has 2 N–H and O–H groups in total. The number of fused-ring (bicyclic) bond motifs is 5. The monoisotopic (exact) mass is 280 g/mol. The topological polar surface area (TPSA) is 57.5 Å². The molecular weight excluding hydrogens is 264 g/mol. The highest BCUT2D eigenvalue weighted by atomic mass is 16.3. The molecule has 0 radical (unpaired) electrons. The fourth-order valence-corrected chi connectivity index (χ4v) is 3.65. The van der Waals surface area contributed by atoms with Crippen LogP contribution in [0.3, 0.4) is 0 Å². The van der Waals surface area contributed by atoms with Gasteiger partial charge in [-0.2, -0.15) is 0 Å². The van der Waals surface area contributed by atoms with Gasteiger partial charge in [-0.15, -0.1) is 0 Å². The van der Waals surface area contributed by atoms with Crippen molar-refractivity contribution < 1.29 is 15.0 Å². The van der Waals surface area contributed by atoms with Gasteiger partial charge in [0.25, 0.3) is 0 Å². The van der Waals surface area contributed by atoms with Crippen LogP contribution in [0.2, 0.25) is 0 Å². The predicted molar refractivity (Wildman–Crippen MR) is 81.3 cm³/mol. The van der Waals surface area contributed by atoms with E-state index in [0.29, 0.717) is 6.42 Å². The Morgan fingerprint density at radius 1 is 1.19 bits per heavy atom. The number of aliphatic hydroxyl groups is 2. The molecule has 3 nitrogen and oxygen atoms in total. The lowest BCUT2D eigenvalue weighted by atomic mass is 9.85. The maximum atomic E-state index is 12.0. The zero-order valence-corrected chi connectivity index (χ0v) is 11.8. The molecule has 2 aromatic rings. The van der Waals surface area contributed by atoms with Gasteiger partial charge in [0, 0.05) is 12.0 Å². The van der Waals surface area contributed by atoms with Gasteiger partial charge >= 0.3 is 0 Å². The summed E-state index contributed by atoms with van der Waals surface area (Å²) in [5, 5.41) is 22.1. The van der Waals surface area contributed by atoms with Gasteiger partial charge in [-0.05, 0) is 52.4 Å². The Morgan fingerprint density at radius 2 is 2.00 bits per heavy atom. The van der Waals surface area contributed by atoms with E-state index in [-0.39, 0.29) is 5.78 Å². The number of ketones is 1. The lowest BCUT2D eigenvalue weighted by Gasteiger charge is -2.24. The Morgan fingerprint density at radius 3 is 2.81 bits per heavy atom. The second-order valence-electron chi connectivity index (χ2n) is 5.93. The highest BCUT2D eigenvalue weighted by molar-refractivity contribution is 6.08. The zero-order valence-electron chi connectivity index (χ0n) is 11.8. The summed E-state index contributed by atoms with van der Waals surface area (Å²) in [6.07, 6.45) is 3.14. The summed E-state index contributed by atoms with van der Waals surface area (Å²) in [6, 6.07) is 5.82. The largest absolute Gasteiger partial charge is 0.386 e. The molecule has 0 amide bonds. The van der Waals surface area contributed by atoms with E-state index in [1.165, 1.54) is 0 Å². The fraction of sp³-hybridized carbons (Fsp3) is 0.278. The molecule has 0 spiro atoms. The van der Waals surface area contributed by atoms with Gasteiger partial charge in [0.05, 0.1) is 0 Å². The molecule has 2 atom stereocenters. The summed E-state index contributed by atoms with van der Waals surface area (Å²) in [7, 11) is 0. The molecule has 0 saturated carbocycles. The van der Waals surface area contributed by atoms with Crippen molar-refractivity contribution in [1.82, 2.24) is 0 Å². The van der Waals surface area contributed by atoms with Gasteiger partial charge < -0.3 is 10.2 Å². The Kier molecular flexibility index (Phi) is 2.59.